The van der Waals surface area contributed by atoms with Gasteiger partial charge in [-0.15, -0.1) is 0 Å². The molecule has 1 saturated carbocycles. The number of nitrogens with one attached hydrogen (secondary N) is 3. The number of piperidine rings is 1. The standard InChI is InChI=1S/C41H57N11O10/c1-47(11-9-43-35(54)24-48-12-14-49(25-37(56)57)16-18-51(27-39(60)61)19-17-50(15-13-48)26-38(58)59)10-3-6-34(53)46-32-5-2-4-30-31(7-8-44-40(30)32)41(62)45-23-36(55)52-29(22-42)20-28-21-33(28)52/h2,4-5,7-8,28-29,33H,3,6,9-21,23-27H2,1H3,(H,43,54)(H,45,62)(H,46,53)(H,56,57)(H,58,59)(H,60,61)/t28-,29+,33+/m1/s1. The maximum Gasteiger partial charge on any atom is 0.317 e. The van der Waals surface area contributed by atoms with E-state index in [-0.39, 0.29) is 89.1 Å². The fourth-order valence-electron chi connectivity index (χ4n) is 8.01. The summed E-state index contributed by atoms with van der Waals surface area (Å²) in [6, 6.07) is 8.47. The zero-order valence-corrected chi connectivity index (χ0v) is 35.0. The fourth-order valence-corrected chi connectivity index (χ4v) is 8.01. The minimum absolute atomic E-state index is 0.00883. The maximum absolute atomic E-state index is 13.2. The van der Waals surface area contributed by atoms with Gasteiger partial charge in [0.05, 0.1) is 55.6 Å². The number of carbonyl (C=O) groups is 7. The largest absolute Gasteiger partial charge is 0.480 e. The average molecular weight is 864 g/mol. The van der Waals surface area contributed by atoms with E-state index in [9.17, 15) is 54.1 Å². The third-order valence-electron chi connectivity index (χ3n) is 11.4. The summed E-state index contributed by atoms with van der Waals surface area (Å²) in [5, 5.41) is 46.7. The number of fused-ring (bicyclic) bond motifs is 2. The molecule has 0 unspecified atom stereocenters. The van der Waals surface area contributed by atoms with E-state index in [0.717, 1.165) is 6.42 Å². The molecule has 21 nitrogen and oxygen atoms in total. The van der Waals surface area contributed by atoms with Crippen molar-refractivity contribution in [1.82, 2.24) is 45.0 Å². The van der Waals surface area contributed by atoms with Gasteiger partial charge in [-0.1, -0.05) is 12.1 Å². The Morgan fingerprint density at radius 2 is 1.35 bits per heavy atom. The number of hydrogen-bond donors (Lipinski definition) is 6. The first kappa shape index (κ1) is 47.3. The number of likely N-dealkylation sites (N-methyl/N-ethyl adjacent to an activating group) is 1. The topological polar surface area (TPSA) is 272 Å². The van der Waals surface area contributed by atoms with Crippen LogP contribution in [-0.4, -0.2) is 215 Å². The molecule has 3 heterocycles. The van der Waals surface area contributed by atoms with Crippen LogP contribution in [0.2, 0.25) is 0 Å². The lowest BCUT2D eigenvalue weighted by atomic mass is 10.1. The molecule has 1 aromatic heterocycles. The molecule has 2 aromatic rings. The molecular formula is C41H57N11O10. The lowest BCUT2D eigenvalue weighted by molar-refractivity contribution is -0.140. The molecule has 0 radical (unpaired) electrons. The zero-order valence-electron chi connectivity index (χ0n) is 35.0. The Morgan fingerprint density at radius 1 is 0.774 bits per heavy atom. The molecule has 1 aliphatic carbocycles. The van der Waals surface area contributed by atoms with Gasteiger partial charge >= 0.3 is 17.9 Å². The number of rotatable bonds is 19. The number of aromatic nitrogens is 1. The maximum atomic E-state index is 13.2. The van der Waals surface area contributed by atoms with E-state index in [1.807, 2.05) is 16.8 Å². The van der Waals surface area contributed by atoms with Crippen LogP contribution >= 0.6 is 0 Å². The molecule has 1 aromatic carbocycles. The quantitative estimate of drug-likeness (QED) is 0.0960. The number of pyridine rings is 1. The molecule has 62 heavy (non-hydrogen) atoms. The Kier molecular flexibility index (Phi) is 17.4. The van der Waals surface area contributed by atoms with Gasteiger partial charge in [-0.3, -0.25) is 58.1 Å². The van der Waals surface area contributed by atoms with Crippen LogP contribution in [-0.2, 0) is 28.8 Å². The molecule has 2 aliphatic heterocycles. The van der Waals surface area contributed by atoms with Gasteiger partial charge in [-0.05, 0) is 50.9 Å². The first-order chi connectivity index (χ1) is 29.7. The van der Waals surface area contributed by atoms with Crippen molar-refractivity contribution in [1.29, 1.82) is 5.26 Å². The highest BCUT2D eigenvalue weighted by molar-refractivity contribution is 6.10. The predicted octanol–water partition coefficient (Wildman–Crippen LogP) is -1.28. The normalized spacial score (nSPS) is 20.3. The lowest BCUT2D eigenvalue weighted by Crippen LogP contribution is -2.50. The van der Waals surface area contributed by atoms with Gasteiger partial charge in [0.1, 0.15) is 6.04 Å². The number of aliphatic carboxylic acids is 3. The Morgan fingerprint density at radius 3 is 1.92 bits per heavy atom. The number of likely N-dealkylation sites (tertiary alicyclic amines) is 1. The van der Waals surface area contributed by atoms with Crippen molar-refractivity contribution in [2.75, 3.05) is 117 Å². The van der Waals surface area contributed by atoms with Crippen LogP contribution in [0.1, 0.15) is 36.0 Å². The summed E-state index contributed by atoms with van der Waals surface area (Å²) in [5.41, 5.74) is 1.16. The molecule has 3 fully saturated rings. The van der Waals surface area contributed by atoms with E-state index in [0.29, 0.717) is 86.7 Å². The number of carboxylic acids is 3. The number of carbonyl (C=O) groups excluding carboxylic acids is 4. The summed E-state index contributed by atoms with van der Waals surface area (Å²) >= 11 is 0. The van der Waals surface area contributed by atoms with E-state index in [4.69, 9.17) is 0 Å². The van der Waals surface area contributed by atoms with Crippen molar-refractivity contribution in [3.05, 3.63) is 36.0 Å². The summed E-state index contributed by atoms with van der Waals surface area (Å²) in [6.45, 7) is 2.81. The highest BCUT2D eigenvalue weighted by atomic mass is 16.4. The summed E-state index contributed by atoms with van der Waals surface area (Å²) < 4.78 is 0. The number of para-hydroxylation sites is 1. The summed E-state index contributed by atoms with van der Waals surface area (Å²) in [4.78, 5) is 102. The third kappa shape index (κ3) is 14.4. The Balaban J connectivity index is 1.05. The van der Waals surface area contributed by atoms with Gasteiger partial charge in [0, 0.05) is 89.5 Å². The molecule has 336 valence electrons. The zero-order chi connectivity index (χ0) is 44.8. The number of nitrogens with zero attached hydrogens (tertiary/aromatic N) is 8. The van der Waals surface area contributed by atoms with Gasteiger partial charge in [-0.2, -0.15) is 5.26 Å². The second-order valence-corrected chi connectivity index (χ2v) is 16.1. The monoisotopic (exact) mass is 863 g/mol. The van der Waals surface area contributed by atoms with Crippen LogP contribution in [0.5, 0.6) is 0 Å². The average Bonchev–Trinajstić information content (AvgIpc) is 3.88. The number of benzene rings is 1. The van der Waals surface area contributed by atoms with E-state index >= 15 is 0 Å². The van der Waals surface area contributed by atoms with Crippen molar-refractivity contribution in [2.24, 2.45) is 5.92 Å². The summed E-state index contributed by atoms with van der Waals surface area (Å²) in [5.74, 6) is -3.97. The first-order valence-electron chi connectivity index (χ1n) is 20.9. The Bertz CT molecular complexity index is 1960. The minimum Gasteiger partial charge on any atom is -0.480 e. The highest BCUT2D eigenvalue weighted by Crippen LogP contribution is 2.47. The van der Waals surface area contributed by atoms with E-state index in [1.165, 1.54) is 6.20 Å². The number of anilines is 1. The lowest BCUT2D eigenvalue weighted by Gasteiger charge is -2.32. The molecule has 6 N–H and O–H groups in total. The molecular weight excluding hydrogens is 807 g/mol. The van der Waals surface area contributed by atoms with Crippen molar-refractivity contribution in [3.63, 3.8) is 0 Å². The second kappa shape index (κ2) is 22.9. The number of hydrogen-bond acceptors (Lipinski definition) is 14. The molecule has 5 rings (SSSR count). The van der Waals surface area contributed by atoms with Crippen molar-refractivity contribution in [2.45, 2.75) is 37.8 Å². The minimum atomic E-state index is -1.03. The summed E-state index contributed by atoms with van der Waals surface area (Å²) in [7, 11) is 1.87. The summed E-state index contributed by atoms with van der Waals surface area (Å²) in [6.07, 6.45) is 3.74. The first-order valence-corrected chi connectivity index (χ1v) is 20.9. The van der Waals surface area contributed by atoms with Gasteiger partial charge in [0.25, 0.3) is 5.91 Å². The predicted molar refractivity (Wildman–Crippen MR) is 224 cm³/mol. The molecule has 0 spiro atoms. The molecule has 0 bridgehead atoms. The van der Waals surface area contributed by atoms with Crippen LogP contribution in [0.4, 0.5) is 5.69 Å². The molecule has 4 amide bonds. The highest BCUT2D eigenvalue weighted by Gasteiger charge is 2.54. The number of nitriles is 1. The van der Waals surface area contributed by atoms with Crippen LogP contribution in [0.3, 0.4) is 0 Å². The van der Waals surface area contributed by atoms with Crippen molar-refractivity contribution >= 4 is 58.1 Å². The van der Waals surface area contributed by atoms with E-state index in [2.05, 4.69) is 27.0 Å². The van der Waals surface area contributed by atoms with Gasteiger partial charge in [-0.25, -0.2) is 0 Å². The molecule has 2 saturated heterocycles. The molecule has 21 heteroatoms. The molecule has 3 aliphatic rings. The van der Waals surface area contributed by atoms with Gasteiger partial charge in [0.15, 0.2) is 0 Å². The fraction of sp³-hybridized carbons (Fsp3) is 0.585. The second-order valence-electron chi connectivity index (χ2n) is 16.1. The van der Waals surface area contributed by atoms with E-state index < -0.39 is 29.9 Å². The SMILES string of the molecule is CN(CCCC(=O)Nc1cccc2c(C(=O)NCC(=O)N3[C@H](C#N)C[C@@H]4C[C@@H]43)ccnc12)CCNC(=O)CN1CCN(CC(=O)O)CCN(CC(=O)O)CCN(CC(=O)O)CC1. The smallest absolute Gasteiger partial charge is 0.317 e. The van der Waals surface area contributed by atoms with Crippen LogP contribution in [0.15, 0.2) is 30.5 Å². The molecule has 3 atom stereocenters. The number of amides is 4. The Hall–Kier alpha value is -5.79. The van der Waals surface area contributed by atoms with E-state index in [1.54, 1.807) is 43.9 Å². The van der Waals surface area contributed by atoms with Crippen LogP contribution in [0.25, 0.3) is 10.9 Å². The van der Waals surface area contributed by atoms with Gasteiger partial charge < -0.3 is 41.1 Å². The van der Waals surface area contributed by atoms with Crippen LogP contribution < -0.4 is 16.0 Å². The third-order valence-corrected chi connectivity index (χ3v) is 11.4. The van der Waals surface area contributed by atoms with Crippen LogP contribution in [0, 0.1) is 17.2 Å². The number of carboxylic acid groups (broad SMARTS) is 3. The van der Waals surface area contributed by atoms with Gasteiger partial charge in [0.2, 0.25) is 17.7 Å². The van der Waals surface area contributed by atoms with Crippen molar-refractivity contribution < 1.29 is 48.9 Å². The Labute approximate surface area is 359 Å². The van der Waals surface area contributed by atoms with Crippen molar-refractivity contribution in [3.8, 4) is 6.07 Å².